The molecule has 1 aromatic heterocycles. The molecule has 17 heavy (non-hydrogen) atoms. The van der Waals surface area contributed by atoms with E-state index in [0.717, 1.165) is 29.1 Å². The third kappa shape index (κ3) is 4.24. The Morgan fingerprint density at radius 1 is 1.47 bits per heavy atom. The predicted octanol–water partition coefficient (Wildman–Crippen LogP) is 2.76. The molecule has 0 saturated heterocycles. The molecule has 1 atom stereocenters. The van der Waals surface area contributed by atoms with Gasteiger partial charge in [0.15, 0.2) is 0 Å². The number of halogens is 1. The van der Waals surface area contributed by atoms with Crippen molar-refractivity contribution in [3.63, 3.8) is 0 Å². The number of aliphatic hydroxyl groups excluding tert-OH is 1. The minimum Gasteiger partial charge on any atom is -0.391 e. The Morgan fingerprint density at radius 3 is 2.65 bits per heavy atom. The summed E-state index contributed by atoms with van der Waals surface area (Å²) in [6.45, 7) is 7.73. The Kier molecular flexibility index (Phi) is 4.89. The summed E-state index contributed by atoms with van der Waals surface area (Å²) < 4.78 is 0.764. The van der Waals surface area contributed by atoms with Crippen molar-refractivity contribution >= 4 is 21.7 Å². The van der Waals surface area contributed by atoms with Gasteiger partial charge in [-0.05, 0) is 43.1 Å². The number of hydrogen-bond acceptors (Lipinski definition) is 4. The number of aliphatic hydroxyl groups is 1. The number of aromatic nitrogens is 2. The number of nitrogens with zero attached hydrogens (tertiary/aromatic N) is 2. The van der Waals surface area contributed by atoms with Crippen LogP contribution in [-0.4, -0.2) is 26.7 Å². The first-order valence-corrected chi connectivity index (χ1v) is 6.64. The zero-order valence-electron chi connectivity index (χ0n) is 10.8. The lowest BCUT2D eigenvalue weighted by molar-refractivity contribution is 0.133. The van der Waals surface area contributed by atoms with Gasteiger partial charge in [0.2, 0.25) is 0 Å². The second-order valence-corrected chi connectivity index (χ2v) is 5.58. The second-order valence-electron chi connectivity index (χ2n) is 4.76. The van der Waals surface area contributed by atoms with Gasteiger partial charge < -0.3 is 10.4 Å². The van der Waals surface area contributed by atoms with Gasteiger partial charge in [-0.3, -0.25) is 0 Å². The van der Waals surface area contributed by atoms with Gasteiger partial charge in [-0.1, -0.05) is 6.92 Å². The molecule has 0 saturated carbocycles. The summed E-state index contributed by atoms with van der Waals surface area (Å²) in [5, 5.41) is 12.9. The fourth-order valence-corrected chi connectivity index (χ4v) is 1.72. The average Bonchev–Trinajstić information content (AvgIpc) is 2.15. The molecule has 1 rings (SSSR count). The van der Waals surface area contributed by atoms with Crippen molar-refractivity contribution in [3.8, 4) is 0 Å². The molecule has 0 radical (unpaired) electrons. The summed E-state index contributed by atoms with van der Waals surface area (Å²) in [7, 11) is 0. The van der Waals surface area contributed by atoms with Crippen LogP contribution in [0.2, 0.25) is 0 Å². The molecule has 0 spiro atoms. The topological polar surface area (TPSA) is 58.0 Å². The lowest BCUT2D eigenvalue weighted by Crippen LogP contribution is -2.42. The maximum atomic E-state index is 9.67. The van der Waals surface area contributed by atoms with Crippen molar-refractivity contribution in [2.45, 2.75) is 52.2 Å². The molecule has 0 aliphatic rings. The molecular weight excluding hydrogens is 282 g/mol. The van der Waals surface area contributed by atoms with E-state index in [0.29, 0.717) is 0 Å². The highest BCUT2D eigenvalue weighted by atomic mass is 79.9. The maximum Gasteiger partial charge on any atom is 0.132 e. The lowest BCUT2D eigenvalue weighted by atomic mass is 9.99. The summed E-state index contributed by atoms with van der Waals surface area (Å²) in [4.78, 5) is 8.73. The van der Waals surface area contributed by atoms with E-state index in [-0.39, 0.29) is 0 Å². The van der Waals surface area contributed by atoms with Crippen LogP contribution in [0.3, 0.4) is 0 Å². The van der Waals surface area contributed by atoms with Crippen molar-refractivity contribution in [1.29, 1.82) is 0 Å². The molecule has 0 bridgehead atoms. The maximum absolute atomic E-state index is 9.67. The summed E-state index contributed by atoms with van der Waals surface area (Å²) in [5.41, 5.74) is -0.419. The molecule has 4 nitrogen and oxygen atoms in total. The Balaban J connectivity index is 2.91. The number of anilines is 1. The van der Waals surface area contributed by atoms with E-state index in [1.807, 2.05) is 19.9 Å². The first-order valence-electron chi connectivity index (χ1n) is 5.85. The van der Waals surface area contributed by atoms with Crippen LogP contribution in [0.5, 0.6) is 0 Å². The van der Waals surface area contributed by atoms with Gasteiger partial charge in [-0.2, -0.15) is 0 Å². The number of hydrogen-bond donors (Lipinski definition) is 2. The third-order valence-electron chi connectivity index (χ3n) is 2.71. The first kappa shape index (κ1) is 14.4. The highest BCUT2D eigenvalue weighted by molar-refractivity contribution is 9.10. The Bertz CT molecular complexity index is 380. The van der Waals surface area contributed by atoms with Gasteiger partial charge in [0, 0.05) is 12.5 Å². The Labute approximate surface area is 111 Å². The molecule has 1 unspecified atom stereocenters. The fourth-order valence-electron chi connectivity index (χ4n) is 1.30. The van der Waals surface area contributed by atoms with E-state index in [1.54, 1.807) is 6.92 Å². The van der Waals surface area contributed by atoms with E-state index in [4.69, 9.17) is 0 Å². The van der Waals surface area contributed by atoms with Crippen LogP contribution in [0.25, 0.3) is 0 Å². The highest BCUT2D eigenvalue weighted by Crippen LogP contribution is 2.19. The van der Waals surface area contributed by atoms with Crippen LogP contribution < -0.4 is 5.32 Å². The largest absolute Gasteiger partial charge is 0.391 e. The van der Waals surface area contributed by atoms with E-state index in [1.165, 1.54) is 0 Å². The van der Waals surface area contributed by atoms with Crippen molar-refractivity contribution in [2.75, 3.05) is 5.32 Å². The third-order valence-corrected chi connectivity index (χ3v) is 3.12. The number of rotatable bonds is 5. The quantitative estimate of drug-likeness (QED) is 0.821. The number of aryl methyl sites for hydroxylation is 1. The first-order chi connectivity index (χ1) is 7.85. The minimum atomic E-state index is -0.467. The normalized spacial score (nSPS) is 13.5. The molecule has 0 aromatic carbocycles. The molecule has 0 aliphatic carbocycles. The molecule has 5 heteroatoms. The van der Waals surface area contributed by atoms with Gasteiger partial charge in [0.05, 0.1) is 11.6 Å². The molecule has 0 amide bonds. The molecule has 1 heterocycles. The molecule has 0 aliphatic heterocycles. The van der Waals surface area contributed by atoms with E-state index >= 15 is 0 Å². The van der Waals surface area contributed by atoms with Crippen LogP contribution in [0, 0.1) is 0 Å². The molecule has 2 N–H and O–H groups in total. The van der Waals surface area contributed by atoms with Crippen LogP contribution >= 0.6 is 15.9 Å². The second kappa shape index (κ2) is 5.78. The SMILES string of the molecule is CCCc1nc(Br)cc(NC(C)(C)C(C)O)n1. The van der Waals surface area contributed by atoms with Crippen molar-refractivity contribution in [1.82, 2.24) is 9.97 Å². The monoisotopic (exact) mass is 301 g/mol. The van der Waals surface area contributed by atoms with E-state index in [2.05, 4.69) is 38.1 Å². The molecule has 1 aromatic rings. The molecular formula is C12H20BrN3O. The predicted molar refractivity (Wildman–Crippen MR) is 73.1 cm³/mol. The summed E-state index contributed by atoms with van der Waals surface area (Å²) in [6, 6.07) is 1.82. The van der Waals surface area contributed by atoms with E-state index in [9.17, 15) is 5.11 Å². The zero-order valence-corrected chi connectivity index (χ0v) is 12.4. The van der Waals surface area contributed by atoms with E-state index < -0.39 is 11.6 Å². The van der Waals surface area contributed by atoms with Crippen molar-refractivity contribution in [3.05, 3.63) is 16.5 Å². The smallest absolute Gasteiger partial charge is 0.132 e. The summed E-state index contributed by atoms with van der Waals surface area (Å²) in [5.74, 6) is 1.55. The summed E-state index contributed by atoms with van der Waals surface area (Å²) in [6.07, 6.45) is 1.39. The van der Waals surface area contributed by atoms with Gasteiger partial charge in [-0.15, -0.1) is 0 Å². The van der Waals surface area contributed by atoms with Gasteiger partial charge in [-0.25, -0.2) is 9.97 Å². The van der Waals surface area contributed by atoms with Crippen molar-refractivity contribution in [2.24, 2.45) is 0 Å². The fraction of sp³-hybridized carbons (Fsp3) is 0.667. The van der Waals surface area contributed by atoms with Gasteiger partial charge in [0.1, 0.15) is 16.2 Å². The number of nitrogens with one attached hydrogen (secondary N) is 1. The van der Waals surface area contributed by atoms with Gasteiger partial charge >= 0.3 is 0 Å². The van der Waals surface area contributed by atoms with Crippen molar-refractivity contribution < 1.29 is 5.11 Å². The van der Waals surface area contributed by atoms with Crippen LogP contribution in [0.4, 0.5) is 5.82 Å². The highest BCUT2D eigenvalue weighted by Gasteiger charge is 2.24. The van der Waals surface area contributed by atoms with Crippen LogP contribution in [0.15, 0.2) is 10.7 Å². The standard InChI is InChI=1S/C12H20BrN3O/c1-5-6-10-14-9(13)7-11(15-10)16-12(3,4)8(2)17/h7-8,17H,5-6H2,1-4H3,(H,14,15,16). The lowest BCUT2D eigenvalue weighted by Gasteiger charge is -2.30. The van der Waals surface area contributed by atoms with Crippen LogP contribution in [0.1, 0.15) is 39.9 Å². The van der Waals surface area contributed by atoms with Gasteiger partial charge in [0.25, 0.3) is 0 Å². The Morgan fingerprint density at radius 2 is 2.12 bits per heavy atom. The zero-order chi connectivity index (χ0) is 13.1. The molecule has 0 fully saturated rings. The average molecular weight is 302 g/mol. The molecule has 96 valence electrons. The summed E-state index contributed by atoms with van der Waals surface area (Å²) >= 11 is 3.37. The minimum absolute atomic E-state index is 0.419. The Hall–Kier alpha value is -0.680. The van der Waals surface area contributed by atoms with Crippen LogP contribution in [-0.2, 0) is 6.42 Å².